The van der Waals surface area contributed by atoms with Gasteiger partial charge in [0.1, 0.15) is 18.0 Å². The number of rotatable bonds is 8. The maximum Gasteiger partial charge on any atom is 0.264 e. The number of anilines is 2. The topological polar surface area (TPSA) is 84.9 Å². The first kappa shape index (κ1) is 22.6. The molecule has 0 saturated carbocycles. The molecule has 0 unspecified atom stereocenters. The van der Waals surface area contributed by atoms with Crippen molar-refractivity contribution < 1.29 is 22.7 Å². The molecule has 31 heavy (non-hydrogen) atoms. The number of hydrogen-bond donors (Lipinski definition) is 1. The number of sulfonamides is 1. The predicted molar refractivity (Wildman–Crippen MR) is 123 cm³/mol. The summed E-state index contributed by atoms with van der Waals surface area (Å²) in [4.78, 5) is 12.9. The average molecular weight is 505 g/mol. The summed E-state index contributed by atoms with van der Waals surface area (Å²) >= 11 is 3.35. The largest absolute Gasteiger partial charge is 0.497 e. The summed E-state index contributed by atoms with van der Waals surface area (Å²) in [6.07, 6.45) is 0. The SMILES string of the molecule is COc1ccc(N(CC(=O)Nc2cccc(Br)c2)S(=O)(=O)c2ccccc2)c(OC)c1. The first-order chi connectivity index (χ1) is 14.8. The molecule has 0 aliphatic rings. The van der Waals surface area contributed by atoms with Gasteiger partial charge < -0.3 is 14.8 Å². The zero-order chi connectivity index (χ0) is 22.4. The van der Waals surface area contributed by atoms with Crippen molar-refractivity contribution in [3.63, 3.8) is 0 Å². The molecule has 1 amide bonds. The number of hydrogen-bond acceptors (Lipinski definition) is 5. The highest BCUT2D eigenvalue weighted by Crippen LogP contribution is 2.35. The van der Waals surface area contributed by atoms with Crippen LogP contribution in [0.25, 0.3) is 0 Å². The van der Waals surface area contributed by atoms with Gasteiger partial charge in [0.15, 0.2) is 0 Å². The van der Waals surface area contributed by atoms with Crippen molar-refractivity contribution in [3.05, 3.63) is 77.3 Å². The van der Waals surface area contributed by atoms with E-state index in [-0.39, 0.29) is 16.3 Å². The summed E-state index contributed by atoms with van der Waals surface area (Å²) < 4.78 is 39.3. The first-order valence-electron chi connectivity index (χ1n) is 9.20. The van der Waals surface area contributed by atoms with Crippen LogP contribution < -0.4 is 19.1 Å². The molecule has 0 fully saturated rings. The standard InChI is InChI=1S/C22H21BrN2O5S/c1-29-18-11-12-20(21(14-18)30-2)25(31(27,28)19-9-4-3-5-10-19)15-22(26)24-17-8-6-7-16(23)13-17/h3-14H,15H2,1-2H3,(H,24,26). The number of amides is 1. The molecule has 0 aliphatic carbocycles. The molecule has 0 spiro atoms. The lowest BCUT2D eigenvalue weighted by atomic mass is 10.2. The normalized spacial score (nSPS) is 10.9. The predicted octanol–water partition coefficient (Wildman–Crippen LogP) is 4.30. The zero-order valence-corrected chi connectivity index (χ0v) is 19.3. The van der Waals surface area contributed by atoms with Crippen LogP contribution in [0, 0.1) is 0 Å². The molecular formula is C22H21BrN2O5S. The Morgan fingerprint density at radius 2 is 1.71 bits per heavy atom. The van der Waals surface area contributed by atoms with Gasteiger partial charge >= 0.3 is 0 Å². The van der Waals surface area contributed by atoms with Gasteiger partial charge in [0.2, 0.25) is 5.91 Å². The van der Waals surface area contributed by atoms with E-state index < -0.39 is 22.5 Å². The maximum absolute atomic E-state index is 13.4. The molecule has 0 heterocycles. The fourth-order valence-electron chi connectivity index (χ4n) is 2.91. The van der Waals surface area contributed by atoms with Crippen LogP contribution in [0.3, 0.4) is 0 Å². The van der Waals surface area contributed by atoms with E-state index in [2.05, 4.69) is 21.2 Å². The molecule has 1 N–H and O–H groups in total. The average Bonchev–Trinajstić information content (AvgIpc) is 2.77. The van der Waals surface area contributed by atoms with Gasteiger partial charge in [-0.1, -0.05) is 40.2 Å². The highest BCUT2D eigenvalue weighted by molar-refractivity contribution is 9.10. The quantitative estimate of drug-likeness (QED) is 0.494. The van der Waals surface area contributed by atoms with Crippen molar-refractivity contribution in [3.8, 4) is 11.5 Å². The highest BCUT2D eigenvalue weighted by atomic mass is 79.9. The Hall–Kier alpha value is -3.04. The summed E-state index contributed by atoms with van der Waals surface area (Å²) in [6.45, 7) is -0.452. The van der Waals surface area contributed by atoms with Gasteiger partial charge in [0.25, 0.3) is 10.0 Å². The first-order valence-corrected chi connectivity index (χ1v) is 11.4. The van der Waals surface area contributed by atoms with Crippen LogP contribution in [-0.2, 0) is 14.8 Å². The van der Waals surface area contributed by atoms with Crippen molar-refractivity contribution in [1.82, 2.24) is 0 Å². The molecule has 162 valence electrons. The van der Waals surface area contributed by atoms with Crippen molar-refractivity contribution in [2.45, 2.75) is 4.90 Å². The number of ether oxygens (including phenoxy) is 2. The number of carbonyl (C=O) groups excluding carboxylic acids is 1. The molecule has 0 saturated heterocycles. The lowest BCUT2D eigenvalue weighted by molar-refractivity contribution is -0.114. The maximum atomic E-state index is 13.4. The molecule has 0 radical (unpaired) electrons. The number of carbonyl (C=O) groups is 1. The molecule has 0 atom stereocenters. The zero-order valence-electron chi connectivity index (χ0n) is 16.9. The van der Waals surface area contributed by atoms with Gasteiger partial charge in [0.05, 0.1) is 24.8 Å². The van der Waals surface area contributed by atoms with E-state index in [1.165, 1.54) is 26.4 Å². The second-order valence-corrected chi connectivity index (χ2v) is 9.20. The Balaban J connectivity index is 2.02. The van der Waals surface area contributed by atoms with Crippen molar-refractivity contribution in [1.29, 1.82) is 0 Å². The Bertz CT molecular complexity index is 1170. The Labute approximate surface area is 189 Å². The van der Waals surface area contributed by atoms with Gasteiger partial charge in [-0.2, -0.15) is 0 Å². The number of benzene rings is 3. The van der Waals surface area contributed by atoms with Crippen molar-refractivity contribution in [2.24, 2.45) is 0 Å². The molecular weight excluding hydrogens is 484 g/mol. The number of nitrogens with zero attached hydrogens (tertiary/aromatic N) is 1. The Morgan fingerprint density at radius 3 is 2.35 bits per heavy atom. The third-order valence-corrected chi connectivity index (χ3v) is 6.65. The van der Waals surface area contributed by atoms with Gasteiger partial charge in [-0.25, -0.2) is 8.42 Å². The Morgan fingerprint density at radius 1 is 0.968 bits per heavy atom. The van der Waals surface area contributed by atoms with E-state index in [0.717, 1.165) is 8.78 Å². The molecule has 3 rings (SSSR count). The van der Waals surface area contributed by atoms with E-state index >= 15 is 0 Å². The number of methoxy groups -OCH3 is 2. The lowest BCUT2D eigenvalue weighted by Crippen LogP contribution is -2.38. The number of halogens is 1. The van der Waals surface area contributed by atoms with Gasteiger partial charge in [-0.15, -0.1) is 0 Å². The second kappa shape index (κ2) is 9.84. The molecule has 3 aromatic carbocycles. The van der Waals surface area contributed by atoms with Crippen LogP contribution in [0.4, 0.5) is 11.4 Å². The summed E-state index contributed by atoms with van der Waals surface area (Å²) in [5, 5.41) is 2.73. The summed E-state index contributed by atoms with van der Waals surface area (Å²) in [7, 11) is -1.14. The molecule has 0 bridgehead atoms. The van der Waals surface area contributed by atoms with E-state index in [1.54, 1.807) is 54.6 Å². The smallest absolute Gasteiger partial charge is 0.264 e. The van der Waals surface area contributed by atoms with Crippen molar-refractivity contribution in [2.75, 3.05) is 30.4 Å². The van der Waals surface area contributed by atoms with Crippen LogP contribution >= 0.6 is 15.9 Å². The van der Waals surface area contributed by atoms with Gasteiger partial charge in [-0.05, 0) is 42.5 Å². The van der Waals surface area contributed by atoms with E-state index in [9.17, 15) is 13.2 Å². The third-order valence-electron chi connectivity index (χ3n) is 4.38. The molecule has 9 heteroatoms. The van der Waals surface area contributed by atoms with Crippen LogP contribution in [0.2, 0.25) is 0 Å². The minimum atomic E-state index is -4.06. The van der Waals surface area contributed by atoms with Gasteiger partial charge in [-0.3, -0.25) is 9.10 Å². The van der Waals surface area contributed by atoms with Crippen molar-refractivity contribution >= 4 is 43.2 Å². The second-order valence-electron chi connectivity index (χ2n) is 6.42. The van der Waals surface area contributed by atoms with Crippen LogP contribution in [0.1, 0.15) is 0 Å². The fraction of sp³-hybridized carbons (Fsp3) is 0.136. The van der Waals surface area contributed by atoms with Crippen LogP contribution in [0.15, 0.2) is 82.2 Å². The van der Waals surface area contributed by atoms with Crippen LogP contribution in [0.5, 0.6) is 11.5 Å². The monoisotopic (exact) mass is 504 g/mol. The van der Waals surface area contributed by atoms with E-state index in [4.69, 9.17) is 9.47 Å². The number of nitrogens with one attached hydrogen (secondary N) is 1. The van der Waals surface area contributed by atoms with E-state index in [0.29, 0.717) is 11.4 Å². The Kier molecular flexibility index (Phi) is 7.19. The highest BCUT2D eigenvalue weighted by Gasteiger charge is 2.29. The molecule has 0 aliphatic heterocycles. The minimum absolute atomic E-state index is 0.0585. The molecule has 0 aromatic heterocycles. The molecule has 3 aromatic rings. The summed E-state index contributed by atoms with van der Waals surface area (Å²) in [5.41, 5.74) is 0.759. The molecule has 7 nitrogen and oxygen atoms in total. The summed E-state index contributed by atoms with van der Waals surface area (Å²) in [6, 6.07) is 19.7. The summed E-state index contributed by atoms with van der Waals surface area (Å²) in [5.74, 6) is 0.251. The third kappa shape index (κ3) is 5.36. The van der Waals surface area contributed by atoms with Gasteiger partial charge in [0, 0.05) is 16.2 Å². The minimum Gasteiger partial charge on any atom is -0.497 e. The lowest BCUT2D eigenvalue weighted by Gasteiger charge is -2.26. The fourth-order valence-corrected chi connectivity index (χ4v) is 4.76. The van der Waals surface area contributed by atoms with Crippen LogP contribution in [-0.4, -0.2) is 35.1 Å². The van der Waals surface area contributed by atoms with E-state index in [1.807, 2.05) is 6.07 Å².